The molecule has 0 aromatic heterocycles. The second kappa shape index (κ2) is 6.95. The maximum atomic E-state index is 7.08. The van der Waals surface area contributed by atoms with Crippen LogP contribution < -0.4 is 0 Å². The van der Waals surface area contributed by atoms with Crippen LogP contribution in [0, 0.1) is 0 Å². The monoisotopic (exact) mass is 412 g/mol. The predicted octanol–water partition coefficient (Wildman–Crippen LogP) is 8.09. The molecular weight excluding hydrogens is 387 g/mol. The van der Waals surface area contributed by atoms with Gasteiger partial charge in [0.1, 0.15) is 0 Å². The van der Waals surface area contributed by atoms with Crippen LogP contribution in [0.1, 0.15) is 61.0 Å². The largest absolute Gasteiger partial charge is 0.0885 e. The molecule has 0 aliphatic heterocycles. The Balaban J connectivity index is 1.97. The molecule has 0 saturated heterocycles. The van der Waals surface area contributed by atoms with E-state index in [-0.39, 0.29) is 0 Å². The molecule has 0 radical (unpaired) electrons. The first kappa shape index (κ1) is 19.1. The van der Waals surface area contributed by atoms with Crippen LogP contribution in [0.15, 0.2) is 58.6 Å². The summed E-state index contributed by atoms with van der Waals surface area (Å²) in [6.07, 6.45) is 0. The molecule has 0 amide bonds. The second-order valence-corrected chi connectivity index (χ2v) is 13.8. The summed E-state index contributed by atoms with van der Waals surface area (Å²) < 4.78 is 0. The molecule has 27 heavy (non-hydrogen) atoms. The molecular formula is C24H26Cl2Si. The zero-order valence-corrected chi connectivity index (χ0v) is 19.0. The van der Waals surface area contributed by atoms with Crippen molar-refractivity contribution in [3.63, 3.8) is 0 Å². The fraction of sp³-hybridized carbons (Fsp3) is 0.333. The number of halogens is 2. The van der Waals surface area contributed by atoms with Crippen LogP contribution in [0.2, 0.25) is 12.1 Å². The van der Waals surface area contributed by atoms with Crippen molar-refractivity contribution in [1.29, 1.82) is 0 Å². The van der Waals surface area contributed by atoms with Gasteiger partial charge in [0.25, 0.3) is 0 Å². The standard InChI is InChI=1S/C24H26Cl2Si/c1-5-27(6-2,23-19-13-9-7-11-17(19)15(3)21(23)25)24-20-14-10-8-12-18(20)16(4)22(24)26/h7-14,23-24H,5-6H2,1-4H3. The molecule has 140 valence electrons. The fourth-order valence-electron chi connectivity index (χ4n) is 5.50. The van der Waals surface area contributed by atoms with E-state index in [9.17, 15) is 0 Å². The van der Waals surface area contributed by atoms with Crippen molar-refractivity contribution in [2.75, 3.05) is 0 Å². The molecule has 0 fully saturated rings. The van der Waals surface area contributed by atoms with Gasteiger partial charge in [-0.15, -0.1) is 0 Å². The van der Waals surface area contributed by atoms with Gasteiger partial charge in [-0.2, -0.15) is 0 Å². The molecule has 2 aliphatic rings. The third-order valence-electron chi connectivity index (χ3n) is 7.04. The summed E-state index contributed by atoms with van der Waals surface area (Å²) in [5.74, 6) is 0. The number of allylic oxidation sites excluding steroid dienone is 4. The molecule has 0 heterocycles. The van der Waals surface area contributed by atoms with Crippen molar-refractivity contribution < 1.29 is 0 Å². The Hall–Kier alpha value is -1.28. The minimum Gasteiger partial charge on any atom is -0.0885 e. The smallest absolute Gasteiger partial charge is 0.0808 e. The van der Waals surface area contributed by atoms with E-state index in [0.717, 1.165) is 22.2 Å². The van der Waals surface area contributed by atoms with Crippen molar-refractivity contribution in [3.05, 3.63) is 80.8 Å². The molecule has 3 heteroatoms. The lowest BCUT2D eigenvalue weighted by atomic mass is 10.1. The Morgan fingerprint density at radius 3 is 1.44 bits per heavy atom. The van der Waals surface area contributed by atoms with Gasteiger partial charge >= 0.3 is 0 Å². The minimum atomic E-state index is -1.97. The van der Waals surface area contributed by atoms with E-state index < -0.39 is 8.07 Å². The number of benzene rings is 2. The summed E-state index contributed by atoms with van der Waals surface area (Å²) in [6, 6.07) is 19.9. The Kier molecular flexibility index (Phi) is 4.91. The summed E-state index contributed by atoms with van der Waals surface area (Å²) in [5, 5.41) is 2.11. The molecule has 0 N–H and O–H groups in total. The molecule has 0 bridgehead atoms. The van der Waals surface area contributed by atoms with E-state index in [0.29, 0.717) is 11.1 Å². The van der Waals surface area contributed by atoms with Crippen LogP contribution in [-0.2, 0) is 0 Å². The number of rotatable bonds is 4. The quantitative estimate of drug-likeness (QED) is 0.444. The van der Waals surface area contributed by atoms with E-state index in [1.807, 2.05) is 0 Å². The van der Waals surface area contributed by atoms with Crippen molar-refractivity contribution in [2.45, 2.75) is 50.9 Å². The molecule has 0 nitrogen and oxygen atoms in total. The Morgan fingerprint density at radius 1 is 0.704 bits per heavy atom. The summed E-state index contributed by atoms with van der Waals surface area (Å²) >= 11 is 14.2. The SMILES string of the molecule is CC[Si](CC)(C1C(Cl)=C(C)c2ccccc21)C1C(Cl)=C(C)c2ccccc21. The zero-order valence-electron chi connectivity index (χ0n) is 16.4. The maximum Gasteiger partial charge on any atom is 0.0808 e. The first-order chi connectivity index (χ1) is 13.0. The molecule has 2 atom stereocenters. The minimum absolute atomic E-state index is 0.322. The molecule has 4 rings (SSSR count). The lowest BCUT2D eigenvalue weighted by Gasteiger charge is -2.42. The Labute approximate surface area is 173 Å². The van der Waals surface area contributed by atoms with Gasteiger partial charge in [-0.05, 0) is 47.2 Å². The van der Waals surface area contributed by atoms with Gasteiger partial charge in [0.2, 0.25) is 0 Å². The Morgan fingerprint density at radius 2 is 1.07 bits per heavy atom. The first-order valence-electron chi connectivity index (χ1n) is 9.89. The van der Waals surface area contributed by atoms with E-state index in [1.165, 1.54) is 33.4 Å². The second-order valence-electron chi connectivity index (χ2n) is 7.93. The van der Waals surface area contributed by atoms with Gasteiger partial charge in [-0.3, -0.25) is 0 Å². The van der Waals surface area contributed by atoms with Crippen molar-refractivity contribution in [3.8, 4) is 0 Å². The average Bonchev–Trinajstić information content (AvgIpc) is 3.11. The predicted molar refractivity (Wildman–Crippen MR) is 122 cm³/mol. The summed E-state index contributed by atoms with van der Waals surface area (Å²) in [7, 11) is -1.97. The molecule has 2 aliphatic carbocycles. The summed E-state index contributed by atoms with van der Waals surface area (Å²) in [6.45, 7) is 9.07. The van der Waals surface area contributed by atoms with E-state index in [2.05, 4.69) is 76.2 Å². The van der Waals surface area contributed by atoms with Gasteiger partial charge in [0.05, 0.1) is 8.07 Å². The van der Waals surface area contributed by atoms with Crippen LogP contribution >= 0.6 is 23.2 Å². The normalized spacial score (nSPS) is 21.7. The Bertz CT molecular complexity index is 890. The highest BCUT2D eigenvalue weighted by Crippen LogP contribution is 2.59. The highest BCUT2D eigenvalue weighted by molar-refractivity contribution is 6.85. The van der Waals surface area contributed by atoms with Gasteiger partial charge < -0.3 is 0 Å². The topological polar surface area (TPSA) is 0 Å². The average molecular weight is 413 g/mol. The van der Waals surface area contributed by atoms with E-state index >= 15 is 0 Å². The van der Waals surface area contributed by atoms with Gasteiger partial charge in [0, 0.05) is 21.1 Å². The lowest BCUT2D eigenvalue weighted by molar-refractivity contribution is 0.957. The third kappa shape index (κ3) is 2.55. The van der Waals surface area contributed by atoms with Crippen molar-refractivity contribution >= 4 is 42.4 Å². The first-order valence-corrected chi connectivity index (χ1v) is 13.2. The van der Waals surface area contributed by atoms with Crippen LogP contribution in [0.5, 0.6) is 0 Å². The van der Waals surface area contributed by atoms with Gasteiger partial charge in [0.15, 0.2) is 0 Å². The maximum absolute atomic E-state index is 7.08. The fourth-order valence-corrected chi connectivity index (χ4v) is 12.9. The third-order valence-corrected chi connectivity index (χ3v) is 14.5. The van der Waals surface area contributed by atoms with Gasteiger partial charge in [-0.1, -0.05) is 97.7 Å². The zero-order chi connectivity index (χ0) is 19.3. The van der Waals surface area contributed by atoms with Crippen molar-refractivity contribution in [2.24, 2.45) is 0 Å². The number of hydrogen-bond acceptors (Lipinski definition) is 0. The molecule has 0 spiro atoms. The highest BCUT2D eigenvalue weighted by Gasteiger charge is 2.53. The molecule has 0 saturated carbocycles. The van der Waals surface area contributed by atoms with Crippen LogP contribution in [0.3, 0.4) is 0 Å². The van der Waals surface area contributed by atoms with Crippen LogP contribution in [-0.4, -0.2) is 8.07 Å². The summed E-state index contributed by atoms with van der Waals surface area (Å²) in [5.41, 5.74) is 8.64. The molecule has 2 aromatic carbocycles. The highest BCUT2D eigenvalue weighted by atomic mass is 35.5. The number of fused-ring (bicyclic) bond motifs is 2. The van der Waals surface area contributed by atoms with Crippen LogP contribution in [0.25, 0.3) is 11.1 Å². The van der Waals surface area contributed by atoms with Gasteiger partial charge in [-0.25, -0.2) is 0 Å². The summed E-state index contributed by atoms with van der Waals surface area (Å²) in [4.78, 5) is 0. The molecule has 2 aromatic rings. The molecule has 2 unspecified atom stereocenters. The van der Waals surface area contributed by atoms with Crippen LogP contribution in [0.4, 0.5) is 0 Å². The van der Waals surface area contributed by atoms with Crippen molar-refractivity contribution in [1.82, 2.24) is 0 Å². The van der Waals surface area contributed by atoms with E-state index in [1.54, 1.807) is 0 Å². The van der Waals surface area contributed by atoms with E-state index in [4.69, 9.17) is 23.2 Å². The number of hydrogen-bond donors (Lipinski definition) is 0. The lowest BCUT2D eigenvalue weighted by Crippen LogP contribution is -2.46.